The fraction of sp³-hybridized carbons (Fsp3) is 0.500. The number of rotatable bonds is 2. The third-order valence-electron chi connectivity index (χ3n) is 3.13. The Morgan fingerprint density at radius 2 is 2.41 bits per heavy atom. The Kier molecular flexibility index (Phi) is 3.46. The second-order valence-electron chi connectivity index (χ2n) is 4.35. The van der Waals surface area contributed by atoms with Gasteiger partial charge in [-0.05, 0) is 25.0 Å². The molecule has 1 amide bonds. The number of hydrogen-bond acceptors (Lipinski definition) is 4. The first-order chi connectivity index (χ1) is 8.20. The largest absolute Gasteiger partial charge is 0.397 e. The van der Waals surface area contributed by atoms with Crippen molar-refractivity contribution in [1.29, 1.82) is 0 Å². The van der Waals surface area contributed by atoms with Crippen molar-refractivity contribution in [1.82, 2.24) is 10.3 Å². The monoisotopic (exact) mass is 234 g/mol. The lowest BCUT2D eigenvalue weighted by atomic mass is 9.97. The minimum Gasteiger partial charge on any atom is -0.397 e. The molecule has 1 aromatic rings. The van der Waals surface area contributed by atoms with Crippen molar-refractivity contribution < 1.29 is 4.79 Å². The zero-order chi connectivity index (χ0) is 12.3. The average Bonchev–Trinajstić information content (AvgIpc) is 2.39. The van der Waals surface area contributed by atoms with Crippen molar-refractivity contribution in [2.75, 3.05) is 30.8 Å². The van der Waals surface area contributed by atoms with Crippen LogP contribution in [-0.2, 0) is 4.79 Å². The number of aromatic nitrogens is 1. The molecule has 92 valence electrons. The van der Waals surface area contributed by atoms with Crippen molar-refractivity contribution in [3.8, 4) is 0 Å². The van der Waals surface area contributed by atoms with E-state index in [4.69, 9.17) is 5.73 Å². The van der Waals surface area contributed by atoms with E-state index >= 15 is 0 Å². The molecule has 0 bridgehead atoms. The van der Waals surface area contributed by atoms with E-state index in [1.54, 1.807) is 13.2 Å². The summed E-state index contributed by atoms with van der Waals surface area (Å²) in [6.45, 7) is 1.68. The first-order valence-corrected chi connectivity index (χ1v) is 5.89. The molecule has 1 saturated heterocycles. The highest BCUT2D eigenvalue weighted by atomic mass is 16.1. The number of carbonyl (C=O) groups excluding carboxylic acids is 1. The normalized spacial score (nSPS) is 20.1. The lowest BCUT2D eigenvalue weighted by Crippen LogP contribution is -2.42. The Morgan fingerprint density at radius 1 is 1.59 bits per heavy atom. The SMILES string of the molecule is CNC(=O)C1CCCN(c2ccc(N)cn2)C1. The molecule has 0 radical (unpaired) electrons. The summed E-state index contributed by atoms with van der Waals surface area (Å²) in [5, 5.41) is 2.71. The molecule has 1 aromatic heterocycles. The van der Waals surface area contributed by atoms with Crippen LogP contribution in [0.1, 0.15) is 12.8 Å². The van der Waals surface area contributed by atoms with Gasteiger partial charge in [-0.1, -0.05) is 0 Å². The van der Waals surface area contributed by atoms with Crippen LogP contribution in [0.25, 0.3) is 0 Å². The third-order valence-corrected chi connectivity index (χ3v) is 3.13. The number of hydrogen-bond donors (Lipinski definition) is 2. The Morgan fingerprint density at radius 3 is 3.06 bits per heavy atom. The van der Waals surface area contributed by atoms with Gasteiger partial charge in [0.05, 0.1) is 17.8 Å². The van der Waals surface area contributed by atoms with Crippen molar-refractivity contribution in [3.05, 3.63) is 18.3 Å². The van der Waals surface area contributed by atoms with E-state index in [-0.39, 0.29) is 11.8 Å². The van der Waals surface area contributed by atoms with Crippen LogP contribution in [-0.4, -0.2) is 31.0 Å². The van der Waals surface area contributed by atoms with E-state index in [9.17, 15) is 4.79 Å². The average molecular weight is 234 g/mol. The molecule has 3 N–H and O–H groups in total. The molecule has 17 heavy (non-hydrogen) atoms. The number of nitrogen functional groups attached to an aromatic ring is 1. The molecule has 5 nitrogen and oxygen atoms in total. The minimum absolute atomic E-state index is 0.0631. The van der Waals surface area contributed by atoms with Gasteiger partial charge in [-0.3, -0.25) is 4.79 Å². The second-order valence-corrected chi connectivity index (χ2v) is 4.35. The Balaban J connectivity index is 2.06. The fourth-order valence-corrected chi connectivity index (χ4v) is 2.19. The lowest BCUT2D eigenvalue weighted by molar-refractivity contribution is -0.124. The first-order valence-electron chi connectivity index (χ1n) is 5.89. The Labute approximate surface area is 101 Å². The van der Waals surface area contributed by atoms with Gasteiger partial charge < -0.3 is 16.0 Å². The van der Waals surface area contributed by atoms with E-state index in [1.807, 2.05) is 12.1 Å². The summed E-state index contributed by atoms with van der Waals surface area (Å²) in [5.41, 5.74) is 6.27. The van der Waals surface area contributed by atoms with Gasteiger partial charge in [-0.25, -0.2) is 4.98 Å². The number of pyridine rings is 1. The van der Waals surface area contributed by atoms with E-state index in [1.165, 1.54) is 0 Å². The summed E-state index contributed by atoms with van der Waals surface area (Å²) in [4.78, 5) is 18.1. The molecular formula is C12H18N4O. The third kappa shape index (κ3) is 2.67. The topological polar surface area (TPSA) is 71.2 Å². The molecule has 5 heteroatoms. The van der Waals surface area contributed by atoms with Crippen molar-refractivity contribution >= 4 is 17.4 Å². The van der Waals surface area contributed by atoms with Gasteiger partial charge in [-0.15, -0.1) is 0 Å². The van der Waals surface area contributed by atoms with Crippen LogP contribution in [0.4, 0.5) is 11.5 Å². The quantitative estimate of drug-likeness (QED) is 0.787. The van der Waals surface area contributed by atoms with E-state index in [0.29, 0.717) is 5.69 Å². The predicted molar refractivity (Wildman–Crippen MR) is 67.7 cm³/mol. The summed E-state index contributed by atoms with van der Waals surface area (Å²) in [5.74, 6) is 1.08. The summed E-state index contributed by atoms with van der Waals surface area (Å²) in [7, 11) is 1.68. The molecule has 1 unspecified atom stereocenters. The number of amides is 1. The van der Waals surface area contributed by atoms with Crippen LogP contribution in [0.5, 0.6) is 0 Å². The minimum atomic E-state index is 0.0631. The molecule has 1 aliphatic heterocycles. The van der Waals surface area contributed by atoms with Crippen LogP contribution in [0, 0.1) is 5.92 Å². The van der Waals surface area contributed by atoms with Gasteiger partial charge >= 0.3 is 0 Å². The van der Waals surface area contributed by atoms with Gasteiger partial charge in [0.25, 0.3) is 0 Å². The lowest BCUT2D eigenvalue weighted by Gasteiger charge is -2.32. The molecule has 2 heterocycles. The number of anilines is 2. The van der Waals surface area contributed by atoms with Crippen molar-refractivity contribution in [2.24, 2.45) is 5.92 Å². The molecule has 0 aliphatic carbocycles. The maximum absolute atomic E-state index is 11.6. The highest BCUT2D eigenvalue weighted by Crippen LogP contribution is 2.22. The van der Waals surface area contributed by atoms with Crippen LogP contribution in [0.2, 0.25) is 0 Å². The summed E-state index contributed by atoms with van der Waals surface area (Å²) < 4.78 is 0. The van der Waals surface area contributed by atoms with Crippen molar-refractivity contribution in [2.45, 2.75) is 12.8 Å². The molecule has 1 fully saturated rings. The number of carbonyl (C=O) groups is 1. The molecule has 2 rings (SSSR count). The number of piperidine rings is 1. The Hall–Kier alpha value is -1.78. The zero-order valence-electron chi connectivity index (χ0n) is 10.0. The number of nitrogens with one attached hydrogen (secondary N) is 1. The zero-order valence-corrected chi connectivity index (χ0v) is 10.0. The highest BCUT2D eigenvalue weighted by molar-refractivity contribution is 5.79. The maximum atomic E-state index is 11.6. The van der Waals surface area contributed by atoms with Crippen molar-refractivity contribution in [3.63, 3.8) is 0 Å². The maximum Gasteiger partial charge on any atom is 0.224 e. The molecular weight excluding hydrogens is 216 g/mol. The molecule has 0 saturated carbocycles. The van der Waals surface area contributed by atoms with E-state index in [0.717, 1.165) is 31.7 Å². The summed E-state index contributed by atoms with van der Waals surface area (Å²) in [6.07, 6.45) is 3.62. The fourth-order valence-electron chi connectivity index (χ4n) is 2.19. The van der Waals surface area contributed by atoms with Gasteiger partial charge in [0, 0.05) is 20.1 Å². The molecule has 0 spiro atoms. The Bertz CT molecular complexity index is 390. The highest BCUT2D eigenvalue weighted by Gasteiger charge is 2.25. The molecule has 1 aliphatic rings. The number of nitrogens with two attached hydrogens (primary N) is 1. The summed E-state index contributed by atoms with van der Waals surface area (Å²) in [6, 6.07) is 3.74. The van der Waals surface area contributed by atoms with Crippen LogP contribution in [0.15, 0.2) is 18.3 Å². The van der Waals surface area contributed by atoms with Gasteiger partial charge in [-0.2, -0.15) is 0 Å². The predicted octanol–water partition coefficient (Wildman–Crippen LogP) is 0.626. The van der Waals surface area contributed by atoms with Crippen LogP contribution >= 0.6 is 0 Å². The number of nitrogens with zero attached hydrogens (tertiary/aromatic N) is 2. The standard InChI is InChI=1S/C12H18N4O/c1-14-12(17)9-3-2-6-16(8-9)11-5-4-10(13)7-15-11/h4-5,7,9H,2-3,6,8,13H2,1H3,(H,14,17). The molecule has 0 aromatic carbocycles. The van der Waals surface area contributed by atoms with Gasteiger partial charge in [0.2, 0.25) is 5.91 Å². The second kappa shape index (κ2) is 5.03. The van der Waals surface area contributed by atoms with Gasteiger partial charge in [0.15, 0.2) is 0 Å². The smallest absolute Gasteiger partial charge is 0.224 e. The summed E-state index contributed by atoms with van der Waals surface area (Å²) >= 11 is 0. The molecule has 1 atom stereocenters. The van der Waals surface area contributed by atoms with E-state index < -0.39 is 0 Å². The van der Waals surface area contributed by atoms with Crippen LogP contribution in [0.3, 0.4) is 0 Å². The van der Waals surface area contributed by atoms with E-state index in [2.05, 4.69) is 15.2 Å². The van der Waals surface area contributed by atoms with Crippen LogP contribution < -0.4 is 16.0 Å². The first kappa shape index (κ1) is 11.7. The van der Waals surface area contributed by atoms with Gasteiger partial charge in [0.1, 0.15) is 5.82 Å².